The Morgan fingerprint density at radius 2 is 2.06 bits per heavy atom. The molecule has 0 amide bonds. The van der Waals surface area contributed by atoms with Gasteiger partial charge in [-0.3, -0.25) is 4.79 Å². The number of ether oxygens (including phenoxy) is 1. The van der Waals surface area contributed by atoms with Crippen molar-refractivity contribution < 1.29 is 9.53 Å². The molecule has 1 heterocycles. The number of methoxy groups -OCH3 is 1. The third-order valence-electron chi connectivity index (χ3n) is 4.59. The van der Waals surface area contributed by atoms with Crippen molar-refractivity contribution in [3.05, 3.63) is 0 Å². The predicted molar refractivity (Wildman–Crippen MR) is 72.0 cm³/mol. The summed E-state index contributed by atoms with van der Waals surface area (Å²) in [4.78, 5) is 11.5. The Hall–Kier alpha value is -0.180. The summed E-state index contributed by atoms with van der Waals surface area (Å²) in [5.41, 5.74) is 0. The molecule has 1 unspecified atom stereocenters. The van der Waals surface area contributed by atoms with Crippen LogP contribution in [0.3, 0.4) is 0 Å². The first-order valence-corrected chi connectivity index (χ1v) is 7.85. The van der Waals surface area contributed by atoms with Gasteiger partial charge in [-0.05, 0) is 42.3 Å². The van der Waals surface area contributed by atoms with Gasteiger partial charge in [0.2, 0.25) is 0 Å². The van der Waals surface area contributed by atoms with Gasteiger partial charge in [0.15, 0.2) is 0 Å². The molecule has 0 radical (unpaired) electrons. The lowest BCUT2D eigenvalue weighted by Gasteiger charge is -2.46. The Morgan fingerprint density at radius 1 is 1.29 bits per heavy atom. The number of hydrogen-bond donors (Lipinski definition) is 0. The summed E-state index contributed by atoms with van der Waals surface area (Å²) in [5.74, 6) is 4.44. The number of hydrogen-bond acceptors (Lipinski definition) is 3. The molecule has 0 aromatic heterocycles. The number of carbonyl (C=O) groups is 1. The van der Waals surface area contributed by atoms with Crippen LogP contribution >= 0.6 is 11.8 Å². The van der Waals surface area contributed by atoms with E-state index in [-0.39, 0.29) is 5.97 Å². The van der Waals surface area contributed by atoms with Gasteiger partial charge in [0.05, 0.1) is 13.5 Å². The molecule has 1 saturated carbocycles. The summed E-state index contributed by atoms with van der Waals surface area (Å²) in [6.45, 7) is 4.74. The summed E-state index contributed by atoms with van der Waals surface area (Å²) >= 11 is 2.00. The van der Waals surface area contributed by atoms with E-state index in [2.05, 4.69) is 13.8 Å². The van der Waals surface area contributed by atoms with Crippen molar-refractivity contribution in [2.75, 3.05) is 12.9 Å². The van der Waals surface area contributed by atoms with Crippen molar-refractivity contribution >= 4 is 17.7 Å². The van der Waals surface area contributed by atoms with Gasteiger partial charge in [0.25, 0.3) is 0 Å². The van der Waals surface area contributed by atoms with Gasteiger partial charge in [-0.1, -0.05) is 20.3 Å². The fourth-order valence-electron chi connectivity index (χ4n) is 3.56. The summed E-state index contributed by atoms with van der Waals surface area (Å²) < 4.78 is 4.83. The normalized spacial score (nSPS) is 41.7. The zero-order valence-corrected chi connectivity index (χ0v) is 12.0. The van der Waals surface area contributed by atoms with E-state index in [9.17, 15) is 4.79 Å². The topological polar surface area (TPSA) is 26.3 Å². The van der Waals surface area contributed by atoms with Gasteiger partial charge in [-0.15, -0.1) is 0 Å². The van der Waals surface area contributed by atoms with Crippen LogP contribution in [-0.2, 0) is 9.53 Å². The molecule has 1 saturated heterocycles. The molecule has 2 aliphatic rings. The van der Waals surface area contributed by atoms with Crippen LogP contribution in [0, 0.1) is 23.7 Å². The minimum Gasteiger partial charge on any atom is -0.469 e. The van der Waals surface area contributed by atoms with Crippen molar-refractivity contribution in [2.24, 2.45) is 23.7 Å². The van der Waals surface area contributed by atoms with Crippen LogP contribution in [0.4, 0.5) is 0 Å². The van der Waals surface area contributed by atoms with Crippen LogP contribution in [0.2, 0.25) is 0 Å². The lowest BCUT2D eigenvalue weighted by atomic mass is 9.68. The molecular formula is C14H24O2S. The molecule has 0 spiro atoms. The SMILES string of the molecule is COC(=O)CC1SC[C@@H](C)[C@@H]2CC[C@@H](C)C[C@H]12. The molecule has 0 aromatic rings. The molecule has 0 aromatic carbocycles. The average Bonchev–Trinajstić information content (AvgIpc) is 2.32. The quantitative estimate of drug-likeness (QED) is 0.709. The van der Waals surface area contributed by atoms with E-state index in [1.54, 1.807) is 0 Å². The first kappa shape index (κ1) is 13.3. The average molecular weight is 256 g/mol. The molecule has 17 heavy (non-hydrogen) atoms. The highest BCUT2D eigenvalue weighted by Gasteiger charge is 2.41. The van der Waals surface area contributed by atoms with Crippen molar-refractivity contribution in [3.63, 3.8) is 0 Å². The van der Waals surface area contributed by atoms with E-state index in [1.165, 1.54) is 32.1 Å². The highest BCUT2D eigenvalue weighted by Crippen LogP contribution is 2.48. The van der Waals surface area contributed by atoms with Crippen LogP contribution in [0.5, 0.6) is 0 Å². The number of rotatable bonds is 2. The molecule has 1 aliphatic heterocycles. The van der Waals surface area contributed by atoms with Crippen LogP contribution in [-0.4, -0.2) is 24.1 Å². The second-order valence-corrected chi connectivity index (χ2v) is 7.15. The van der Waals surface area contributed by atoms with Gasteiger partial charge >= 0.3 is 5.97 Å². The van der Waals surface area contributed by atoms with Gasteiger partial charge in [0.1, 0.15) is 0 Å². The highest BCUT2D eigenvalue weighted by molar-refractivity contribution is 8.00. The van der Waals surface area contributed by atoms with Gasteiger partial charge < -0.3 is 4.74 Å². The summed E-state index contributed by atoms with van der Waals surface area (Å²) in [7, 11) is 1.50. The van der Waals surface area contributed by atoms with E-state index in [0.29, 0.717) is 11.7 Å². The zero-order chi connectivity index (χ0) is 12.4. The van der Waals surface area contributed by atoms with Gasteiger partial charge in [-0.2, -0.15) is 11.8 Å². The molecule has 0 N–H and O–H groups in total. The first-order valence-electron chi connectivity index (χ1n) is 6.80. The maximum atomic E-state index is 11.5. The lowest BCUT2D eigenvalue weighted by Crippen LogP contribution is -2.41. The molecule has 2 nitrogen and oxygen atoms in total. The Kier molecular flexibility index (Phi) is 4.40. The maximum Gasteiger partial charge on any atom is 0.306 e. The minimum absolute atomic E-state index is 0.0333. The summed E-state index contributed by atoms with van der Waals surface area (Å²) in [6, 6.07) is 0. The van der Waals surface area contributed by atoms with Crippen molar-refractivity contribution in [1.29, 1.82) is 0 Å². The van der Waals surface area contributed by atoms with Gasteiger partial charge in [0, 0.05) is 5.25 Å². The van der Waals surface area contributed by atoms with Crippen molar-refractivity contribution in [3.8, 4) is 0 Å². The van der Waals surface area contributed by atoms with Crippen molar-refractivity contribution in [2.45, 2.75) is 44.8 Å². The third kappa shape index (κ3) is 2.98. The highest BCUT2D eigenvalue weighted by atomic mass is 32.2. The minimum atomic E-state index is -0.0333. The molecule has 98 valence electrons. The Labute approximate surface area is 109 Å². The number of carbonyl (C=O) groups excluding carboxylic acids is 1. The fraction of sp³-hybridized carbons (Fsp3) is 0.929. The van der Waals surface area contributed by atoms with E-state index in [4.69, 9.17) is 4.74 Å². The van der Waals surface area contributed by atoms with Crippen LogP contribution < -0.4 is 0 Å². The maximum absolute atomic E-state index is 11.5. The Balaban J connectivity index is 2.03. The predicted octanol–water partition coefficient (Wildman–Crippen LogP) is 3.35. The molecule has 0 bridgehead atoms. The van der Waals surface area contributed by atoms with Gasteiger partial charge in [-0.25, -0.2) is 0 Å². The second-order valence-electron chi connectivity index (χ2n) is 5.88. The number of fused-ring (bicyclic) bond motifs is 1. The molecule has 2 rings (SSSR count). The van der Waals surface area contributed by atoms with Crippen molar-refractivity contribution in [1.82, 2.24) is 0 Å². The standard InChI is InChI=1S/C14H24O2S/c1-9-4-5-11-10(2)8-17-13(12(11)6-9)7-14(15)16-3/h9-13H,4-8H2,1-3H3/t9-,10-,11+,12+,13?/m1/s1. The molecule has 3 heteroatoms. The third-order valence-corrected chi connectivity index (χ3v) is 6.26. The Bertz CT molecular complexity index is 279. The molecular weight excluding hydrogens is 232 g/mol. The smallest absolute Gasteiger partial charge is 0.306 e. The Morgan fingerprint density at radius 3 is 2.76 bits per heavy atom. The monoisotopic (exact) mass is 256 g/mol. The first-order chi connectivity index (χ1) is 8.11. The molecule has 2 fully saturated rings. The molecule has 5 atom stereocenters. The summed E-state index contributed by atoms with van der Waals surface area (Å²) in [6.07, 6.45) is 4.66. The number of esters is 1. The zero-order valence-electron chi connectivity index (χ0n) is 11.1. The number of thioether (sulfide) groups is 1. The van der Waals surface area contributed by atoms with Crippen LogP contribution in [0.1, 0.15) is 39.5 Å². The van der Waals surface area contributed by atoms with E-state index >= 15 is 0 Å². The van der Waals surface area contributed by atoms with Crippen LogP contribution in [0.15, 0.2) is 0 Å². The molecule has 1 aliphatic carbocycles. The van der Waals surface area contributed by atoms with Crippen LogP contribution in [0.25, 0.3) is 0 Å². The fourth-order valence-corrected chi connectivity index (χ4v) is 5.17. The van der Waals surface area contributed by atoms with E-state index < -0.39 is 0 Å². The van der Waals surface area contributed by atoms with E-state index in [0.717, 1.165) is 23.7 Å². The lowest BCUT2D eigenvalue weighted by molar-refractivity contribution is -0.141. The largest absolute Gasteiger partial charge is 0.469 e. The second kappa shape index (κ2) is 5.64. The summed E-state index contributed by atoms with van der Waals surface area (Å²) in [5, 5.41) is 0.506. The van der Waals surface area contributed by atoms with E-state index in [1.807, 2.05) is 11.8 Å².